The van der Waals surface area contributed by atoms with Gasteiger partial charge in [-0.25, -0.2) is 0 Å². The second kappa shape index (κ2) is 9.20. The molecule has 1 N–H and O–H groups in total. The molecule has 0 bridgehead atoms. The number of carbonyl (C=O) groups is 2. The molecular formula is C17H26N2O3. The van der Waals surface area contributed by atoms with Gasteiger partial charge in [-0.15, -0.1) is 0 Å². The van der Waals surface area contributed by atoms with Gasteiger partial charge >= 0.3 is 0 Å². The van der Waals surface area contributed by atoms with Crippen molar-refractivity contribution in [2.24, 2.45) is 5.92 Å². The number of nitrogens with one attached hydrogen (secondary N) is 1. The van der Waals surface area contributed by atoms with Crippen LogP contribution in [0.2, 0.25) is 0 Å². The molecule has 2 amide bonds. The Hall–Kier alpha value is -1.88. The number of carbonyl (C=O) groups excluding carboxylic acids is 2. The molecule has 1 rings (SSSR count). The van der Waals surface area contributed by atoms with E-state index in [1.807, 2.05) is 12.1 Å². The van der Waals surface area contributed by atoms with Crippen molar-refractivity contribution in [3.63, 3.8) is 0 Å². The molecular weight excluding hydrogens is 280 g/mol. The molecule has 0 aliphatic heterocycles. The van der Waals surface area contributed by atoms with Gasteiger partial charge in [0.25, 0.3) is 5.91 Å². The maximum absolute atomic E-state index is 11.8. The molecule has 0 saturated heterocycles. The van der Waals surface area contributed by atoms with E-state index < -0.39 is 0 Å². The lowest BCUT2D eigenvalue weighted by Gasteiger charge is -2.11. The first-order valence-corrected chi connectivity index (χ1v) is 7.55. The summed E-state index contributed by atoms with van der Waals surface area (Å²) in [5.74, 6) is 0.418. The van der Waals surface area contributed by atoms with Crippen molar-refractivity contribution >= 4 is 11.8 Å². The quantitative estimate of drug-likeness (QED) is 0.748. The van der Waals surface area contributed by atoms with Crippen LogP contribution >= 0.6 is 0 Å². The number of ether oxygens (including phenoxy) is 1. The van der Waals surface area contributed by atoms with Crippen LogP contribution in [0.3, 0.4) is 0 Å². The fraction of sp³-hybridized carbons (Fsp3) is 0.529. The fourth-order valence-electron chi connectivity index (χ4n) is 1.80. The van der Waals surface area contributed by atoms with Crippen molar-refractivity contribution < 1.29 is 14.3 Å². The van der Waals surface area contributed by atoms with Crippen LogP contribution in [0.4, 0.5) is 0 Å². The minimum Gasteiger partial charge on any atom is -0.381 e. The molecule has 1 aromatic rings. The van der Waals surface area contributed by atoms with Gasteiger partial charge in [-0.3, -0.25) is 9.59 Å². The van der Waals surface area contributed by atoms with Gasteiger partial charge in [0.2, 0.25) is 5.91 Å². The number of hydrogen-bond donors (Lipinski definition) is 1. The molecule has 0 saturated carbocycles. The lowest BCUT2D eigenvalue weighted by atomic mass is 10.1. The molecule has 0 aliphatic carbocycles. The molecule has 0 fully saturated rings. The summed E-state index contributed by atoms with van der Waals surface area (Å²) in [4.78, 5) is 25.0. The molecule has 5 heteroatoms. The molecule has 1 aromatic carbocycles. The highest BCUT2D eigenvalue weighted by Crippen LogP contribution is 2.06. The molecule has 122 valence electrons. The Bertz CT molecular complexity index is 481. The predicted octanol–water partition coefficient (Wildman–Crippen LogP) is 2.07. The maximum atomic E-state index is 11.8. The fourth-order valence-corrected chi connectivity index (χ4v) is 1.80. The Labute approximate surface area is 132 Å². The standard InChI is InChI=1S/C17H26N2O3/c1-13(2)12-22-10-9-16(20)18-11-14-5-7-15(8-6-14)17(21)19(3)4/h5-8,13H,9-12H2,1-4H3,(H,18,20). The Morgan fingerprint density at radius 1 is 1.18 bits per heavy atom. The zero-order valence-electron chi connectivity index (χ0n) is 13.9. The van der Waals surface area contributed by atoms with Crippen LogP contribution in [-0.2, 0) is 16.1 Å². The first-order valence-electron chi connectivity index (χ1n) is 7.55. The third-order valence-electron chi connectivity index (χ3n) is 3.02. The summed E-state index contributed by atoms with van der Waals surface area (Å²) < 4.78 is 5.38. The average molecular weight is 306 g/mol. The van der Waals surface area contributed by atoms with Crippen LogP contribution in [0.5, 0.6) is 0 Å². The van der Waals surface area contributed by atoms with Gasteiger partial charge in [0.1, 0.15) is 0 Å². The predicted molar refractivity (Wildman–Crippen MR) is 86.6 cm³/mol. The van der Waals surface area contributed by atoms with E-state index in [4.69, 9.17) is 4.74 Å². The number of amides is 2. The Morgan fingerprint density at radius 2 is 1.82 bits per heavy atom. The summed E-state index contributed by atoms with van der Waals surface area (Å²) in [6.45, 7) is 5.73. The van der Waals surface area contributed by atoms with Crippen LogP contribution in [0.1, 0.15) is 36.2 Å². The number of nitrogens with zero attached hydrogens (tertiary/aromatic N) is 1. The van der Waals surface area contributed by atoms with Gasteiger partial charge in [0.05, 0.1) is 6.61 Å². The molecule has 5 nitrogen and oxygen atoms in total. The van der Waals surface area contributed by atoms with Crippen molar-refractivity contribution in [2.75, 3.05) is 27.3 Å². The number of rotatable bonds is 8. The van der Waals surface area contributed by atoms with E-state index in [1.165, 1.54) is 4.90 Å². The molecule has 0 radical (unpaired) electrons. The van der Waals surface area contributed by atoms with Crippen molar-refractivity contribution in [1.29, 1.82) is 0 Å². The molecule has 0 spiro atoms. The zero-order chi connectivity index (χ0) is 16.5. The van der Waals surface area contributed by atoms with Crippen LogP contribution in [0, 0.1) is 5.92 Å². The molecule has 22 heavy (non-hydrogen) atoms. The molecule has 0 atom stereocenters. The van der Waals surface area contributed by atoms with Crippen LogP contribution in [0.15, 0.2) is 24.3 Å². The van der Waals surface area contributed by atoms with Crippen molar-refractivity contribution in [3.8, 4) is 0 Å². The van der Waals surface area contributed by atoms with Crippen molar-refractivity contribution in [2.45, 2.75) is 26.8 Å². The summed E-state index contributed by atoms with van der Waals surface area (Å²) in [6, 6.07) is 7.25. The smallest absolute Gasteiger partial charge is 0.253 e. The third kappa shape index (κ3) is 6.72. The van der Waals surface area contributed by atoms with E-state index in [-0.39, 0.29) is 11.8 Å². The second-order valence-corrected chi connectivity index (χ2v) is 5.89. The van der Waals surface area contributed by atoms with E-state index >= 15 is 0 Å². The second-order valence-electron chi connectivity index (χ2n) is 5.89. The normalized spacial score (nSPS) is 10.6. The number of hydrogen-bond acceptors (Lipinski definition) is 3. The van der Waals surface area contributed by atoms with Crippen molar-refractivity contribution in [3.05, 3.63) is 35.4 Å². The van der Waals surface area contributed by atoms with Gasteiger partial charge in [0.15, 0.2) is 0 Å². The molecule has 0 aromatic heterocycles. The largest absolute Gasteiger partial charge is 0.381 e. The lowest BCUT2D eigenvalue weighted by Crippen LogP contribution is -2.24. The third-order valence-corrected chi connectivity index (χ3v) is 3.02. The minimum atomic E-state index is -0.0304. The van der Waals surface area contributed by atoms with E-state index in [1.54, 1.807) is 26.2 Å². The van der Waals surface area contributed by atoms with E-state index in [2.05, 4.69) is 19.2 Å². The first-order chi connectivity index (χ1) is 10.4. The highest BCUT2D eigenvalue weighted by Gasteiger charge is 2.07. The van der Waals surface area contributed by atoms with Crippen LogP contribution in [-0.4, -0.2) is 44.0 Å². The van der Waals surface area contributed by atoms with Crippen LogP contribution in [0.25, 0.3) is 0 Å². The summed E-state index contributed by atoms with van der Waals surface area (Å²) >= 11 is 0. The summed E-state index contributed by atoms with van der Waals surface area (Å²) in [7, 11) is 3.44. The average Bonchev–Trinajstić information content (AvgIpc) is 2.49. The summed E-state index contributed by atoms with van der Waals surface area (Å²) in [6.07, 6.45) is 0.365. The minimum absolute atomic E-state index is 0.0297. The highest BCUT2D eigenvalue weighted by molar-refractivity contribution is 5.93. The lowest BCUT2D eigenvalue weighted by molar-refractivity contribution is -0.122. The van der Waals surface area contributed by atoms with E-state index in [9.17, 15) is 9.59 Å². The molecule has 0 aliphatic rings. The molecule has 0 heterocycles. The molecule has 0 unspecified atom stereocenters. The topological polar surface area (TPSA) is 58.6 Å². The highest BCUT2D eigenvalue weighted by atomic mass is 16.5. The van der Waals surface area contributed by atoms with Gasteiger partial charge < -0.3 is 15.0 Å². The first kappa shape index (κ1) is 18.2. The van der Waals surface area contributed by atoms with Gasteiger partial charge in [0, 0.05) is 39.2 Å². The Kier molecular flexibility index (Phi) is 7.60. The zero-order valence-corrected chi connectivity index (χ0v) is 13.9. The maximum Gasteiger partial charge on any atom is 0.253 e. The van der Waals surface area contributed by atoms with Crippen LogP contribution < -0.4 is 5.32 Å². The summed E-state index contributed by atoms with van der Waals surface area (Å²) in [5.41, 5.74) is 1.61. The Morgan fingerprint density at radius 3 is 2.36 bits per heavy atom. The van der Waals surface area contributed by atoms with Gasteiger partial charge in [-0.05, 0) is 23.6 Å². The van der Waals surface area contributed by atoms with Gasteiger partial charge in [-0.2, -0.15) is 0 Å². The number of benzene rings is 1. The van der Waals surface area contributed by atoms with Gasteiger partial charge in [-0.1, -0.05) is 26.0 Å². The van der Waals surface area contributed by atoms with E-state index in [0.29, 0.717) is 37.7 Å². The van der Waals surface area contributed by atoms with E-state index in [0.717, 1.165) is 5.56 Å². The monoisotopic (exact) mass is 306 g/mol. The Balaban J connectivity index is 2.32. The van der Waals surface area contributed by atoms with Crippen molar-refractivity contribution in [1.82, 2.24) is 10.2 Å². The summed E-state index contributed by atoms with van der Waals surface area (Å²) in [5, 5.41) is 2.84. The SMILES string of the molecule is CC(C)COCCC(=O)NCc1ccc(C(=O)N(C)C)cc1.